The van der Waals surface area contributed by atoms with Gasteiger partial charge in [0.2, 0.25) is 5.76 Å². The molecule has 0 spiro atoms. The summed E-state index contributed by atoms with van der Waals surface area (Å²) in [5.74, 6) is -0.0254. The molecule has 1 unspecified atom stereocenters. The molecule has 132 valence electrons. The molecular weight excluding hydrogens is 288 g/mol. The van der Waals surface area contributed by atoms with Crippen molar-refractivity contribution in [2.75, 3.05) is 0 Å². The predicted molar refractivity (Wildman–Crippen MR) is 94.7 cm³/mol. The standard InChI is InChI=1S/C20H34O3/c1-3-5-6-7-8-9-10-11-12-15-18(14-4-2)23-20(21)19-16-13-17-22-19/h13,16-18H,3-12,14-15H2,1-2H3. The molecule has 1 rings (SSSR count). The number of esters is 1. The molecule has 0 aliphatic heterocycles. The average molecular weight is 322 g/mol. The highest BCUT2D eigenvalue weighted by molar-refractivity contribution is 5.86. The highest BCUT2D eigenvalue weighted by atomic mass is 16.6. The van der Waals surface area contributed by atoms with Crippen molar-refractivity contribution in [1.82, 2.24) is 0 Å². The zero-order valence-corrected chi connectivity index (χ0v) is 15.0. The van der Waals surface area contributed by atoms with Crippen molar-refractivity contribution in [3.05, 3.63) is 24.2 Å². The van der Waals surface area contributed by atoms with Crippen molar-refractivity contribution in [2.24, 2.45) is 0 Å². The van der Waals surface area contributed by atoms with Crippen LogP contribution in [0.4, 0.5) is 0 Å². The van der Waals surface area contributed by atoms with Crippen molar-refractivity contribution >= 4 is 5.97 Å². The number of carbonyl (C=O) groups is 1. The van der Waals surface area contributed by atoms with E-state index in [1.165, 1.54) is 57.6 Å². The van der Waals surface area contributed by atoms with Crippen LogP contribution in [0, 0.1) is 0 Å². The maximum Gasteiger partial charge on any atom is 0.374 e. The first kappa shape index (κ1) is 19.8. The quantitative estimate of drug-likeness (QED) is 0.289. The Bertz CT molecular complexity index is 384. The van der Waals surface area contributed by atoms with Gasteiger partial charge in [0.25, 0.3) is 0 Å². The number of hydrogen-bond donors (Lipinski definition) is 0. The summed E-state index contributed by atoms with van der Waals surface area (Å²) in [6.07, 6.45) is 16.3. The largest absolute Gasteiger partial charge is 0.457 e. The van der Waals surface area contributed by atoms with Crippen molar-refractivity contribution in [3.63, 3.8) is 0 Å². The van der Waals surface area contributed by atoms with Gasteiger partial charge in [0.15, 0.2) is 0 Å². The Labute approximate surface area is 141 Å². The summed E-state index contributed by atoms with van der Waals surface area (Å²) in [5.41, 5.74) is 0. The molecule has 0 radical (unpaired) electrons. The summed E-state index contributed by atoms with van der Waals surface area (Å²) in [6.45, 7) is 4.38. The van der Waals surface area contributed by atoms with E-state index < -0.39 is 0 Å². The van der Waals surface area contributed by atoms with Gasteiger partial charge in [-0.3, -0.25) is 0 Å². The highest BCUT2D eigenvalue weighted by Gasteiger charge is 2.16. The van der Waals surface area contributed by atoms with Crippen LogP contribution < -0.4 is 0 Å². The molecule has 1 aromatic heterocycles. The Morgan fingerprint density at radius 2 is 1.61 bits per heavy atom. The van der Waals surface area contributed by atoms with E-state index in [0.717, 1.165) is 25.7 Å². The van der Waals surface area contributed by atoms with Crippen molar-refractivity contribution in [1.29, 1.82) is 0 Å². The molecule has 3 nitrogen and oxygen atoms in total. The van der Waals surface area contributed by atoms with Crippen LogP contribution in [0.1, 0.15) is 101 Å². The van der Waals surface area contributed by atoms with Gasteiger partial charge in [-0.2, -0.15) is 0 Å². The van der Waals surface area contributed by atoms with Crippen LogP contribution in [0.25, 0.3) is 0 Å². The summed E-state index contributed by atoms with van der Waals surface area (Å²) in [7, 11) is 0. The molecule has 0 aromatic carbocycles. The Kier molecular flexibility index (Phi) is 11.4. The summed E-state index contributed by atoms with van der Waals surface area (Å²) >= 11 is 0. The zero-order chi connectivity index (χ0) is 16.8. The second kappa shape index (κ2) is 13.2. The number of hydrogen-bond acceptors (Lipinski definition) is 3. The second-order valence-corrected chi connectivity index (χ2v) is 6.41. The van der Waals surface area contributed by atoms with Gasteiger partial charge in [-0.05, 0) is 31.4 Å². The van der Waals surface area contributed by atoms with Crippen LogP contribution in [-0.4, -0.2) is 12.1 Å². The molecule has 1 atom stereocenters. The van der Waals surface area contributed by atoms with Crippen LogP contribution >= 0.6 is 0 Å². The molecule has 0 fully saturated rings. The van der Waals surface area contributed by atoms with Crippen LogP contribution in [0.3, 0.4) is 0 Å². The third kappa shape index (κ3) is 9.47. The van der Waals surface area contributed by atoms with E-state index in [9.17, 15) is 4.79 Å². The van der Waals surface area contributed by atoms with Crippen molar-refractivity contribution in [2.45, 2.75) is 97.0 Å². The van der Waals surface area contributed by atoms with Gasteiger partial charge in [-0.25, -0.2) is 4.79 Å². The van der Waals surface area contributed by atoms with E-state index in [1.807, 2.05) is 0 Å². The highest BCUT2D eigenvalue weighted by Crippen LogP contribution is 2.16. The monoisotopic (exact) mass is 322 g/mol. The average Bonchev–Trinajstić information content (AvgIpc) is 3.08. The van der Waals surface area contributed by atoms with E-state index in [-0.39, 0.29) is 12.1 Å². The molecule has 0 saturated heterocycles. The number of unbranched alkanes of at least 4 members (excludes halogenated alkanes) is 8. The van der Waals surface area contributed by atoms with E-state index in [0.29, 0.717) is 5.76 Å². The fourth-order valence-corrected chi connectivity index (χ4v) is 2.87. The molecular formula is C20H34O3. The van der Waals surface area contributed by atoms with Crippen LogP contribution in [0.15, 0.2) is 22.8 Å². The topological polar surface area (TPSA) is 39.4 Å². The first-order valence-electron chi connectivity index (χ1n) is 9.52. The molecule has 0 aliphatic carbocycles. The summed E-state index contributed by atoms with van der Waals surface area (Å²) in [4.78, 5) is 11.9. The summed E-state index contributed by atoms with van der Waals surface area (Å²) in [6, 6.07) is 3.37. The number of ether oxygens (including phenoxy) is 1. The predicted octanol–water partition coefficient (Wildman–Crippen LogP) is 6.53. The molecule has 0 bridgehead atoms. The van der Waals surface area contributed by atoms with Gasteiger partial charge >= 0.3 is 5.97 Å². The van der Waals surface area contributed by atoms with Gasteiger partial charge in [0, 0.05) is 0 Å². The first-order valence-corrected chi connectivity index (χ1v) is 9.52. The molecule has 1 aromatic rings. The lowest BCUT2D eigenvalue weighted by Crippen LogP contribution is -2.18. The minimum absolute atomic E-state index is 0.0298. The molecule has 23 heavy (non-hydrogen) atoms. The summed E-state index contributed by atoms with van der Waals surface area (Å²) < 4.78 is 10.7. The first-order chi connectivity index (χ1) is 11.3. The Balaban J connectivity index is 2.10. The maximum absolute atomic E-state index is 11.9. The number of rotatable bonds is 14. The van der Waals surface area contributed by atoms with Gasteiger partial charge in [-0.1, -0.05) is 71.6 Å². The smallest absolute Gasteiger partial charge is 0.374 e. The lowest BCUT2D eigenvalue weighted by atomic mass is 10.0. The minimum Gasteiger partial charge on any atom is -0.457 e. The Hall–Kier alpha value is -1.25. The summed E-state index contributed by atoms with van der Waals surface area (Å²) in [5, 5.41) is 0. The van der Waals surface area contributed by atoms with Gasteiger partial charge in [0.1, 0.15) is 6.10 Å². The third-order valence-electron chi connectivity index (χ3n) is 4.24. The lowest BCUT2D eigenvalue weighted by molar-refractivity contribution is 0.0218. The number of carbonyl (C=O) groups excluding carboxylic acids is 1. The molecule has 0 N–H and O–H groups in total. The van der Waals surface area contributed by atoms with E-state index in [1.54, 1.807) is 12.1 Å². The molecule has 0 aliphatic rings. The van der Waals surface area contributed by atoms with Crippen LogP contribution in [-0.2, 0) is 4.74 Å². The van der Waals surface area contributed by atoms with Crippen molar-refractivity contribution in [3.8, 4) is 0 Å². The van der Waals surface area contributed by atoms with E-state index >= 15 is 0 Å². The maximum atomic E-state index is 11.9. The van der Waals surface area contributed by atoms with E-state index in [2.05, 4.69) is 13.8 Å². The van der Waals surface area contributed by atoms with E-state index in [4.69, 9.17) is 9.15 Å². The van der Waals surface area contributed by atoms with Gasteiger partial charge in [0.05, 0.1) is 6.26 Å². The molecule has 1 heterocycles. The van der Waals surface area contributed by atoms with Crippen LogP contribution in [0.5, 0.6) is 0 Å². The number of furan rings is 1. The Morgan fingerprint density at radius 3 is 2.17 bits per heavy atom. The second-order valence-electron chi connectivity index (χ2n) is 6.41. The fourth-order valence-electron chi connectivity index (χ4n) is 2.87. The van der Waals surface area contributed by atoms with Crippen molar-refractivity contribution < 1.29 is 13.9 Å². The SMILES string of the molecule is CCCCCCCCCCCC(CCC)OC(=O)c1ccco1. The molecule has 0 saturated carbocycles. The van der Waals surface area contributed by atoms with Crippen LogP contribution in [0.2, 0.25) is 0 Å². The molecule has 3 heteroatoms. The van der Waals surface area contributed by atoms with Gasteiger partial charge < -0.3 is 9.15 Å². The fraction of sp³-hybridized carbons (Fsp3) is 0.750. The minimum atomic E-state index is -0.329. The molecule has 0 amide bonds. The Morgan fingerprint density at radius 1 is 0.957 bits per heavy atom. The van der Waals surface area contributed by atoms with Gasteiger partial charge in [-0.15, -0.1) is 0 Å². The zero-order valence-electron chi connectivity index (χ0n) is 15.0. The lowest BCUT2D eigenvalue weighted by Gasteiger charge is -2.16. The normalized spacial score (nSPS) is 12.3. The third-order valence-corrected chi connectivity index (χ3v) is 4.24.